The predicted octanol–water partition coefficient (Wildman–Crippen LogP) is 3.63. The molecule has 0 fully saturated rings. The summed E-state index contributed by atoms with van der Waals surface area (Å²) in [4.78, 5) is 15.0. The molecule has 3 aromatic rings. The number of fused-ring (bicyclic) bond motifs is 1. The average Bonchev–Trinajstić information content (AvgIpc) is 3.09. The molecule has 0 unspecified atom stereocenters. The maximum absolute atomic E-state index is 12.6. The minimum absolute atomic E-state index is 0.111. The molecule has 0 aliphatic rings. The van der Waals surface area contributed by atoms with Crippen LogP contribution in [-0.2, 0) is 6.54 Å². The highest BCUT2D eigenvalue weighted by Crippen LogP contribution is 2.19. The van der Waals surface area contributed by atoms with Gasteiger partial charge in [-0.05, 0) is 29.9 Å². The monoisotopic (exact) mass is 336 g/mol. The number of hydrogen-bond donors (Lipinski definition) is 1. The molecule has 0 aliphatic heterocycles. The highest BCUT2D eigenvalue weighted by atomic mass is 16.1. The van der Waals surface area contributed by atoms with E-state index in [-0.39, 0.29) is 5.91 Å². The summed E-state index contributed by atoms with van der Waals surface area (Å²) in [6.07, 6.45) is 3.58. The van der Waals surface area contributed by atoms with Crippen molar-refractivity contribution in [3.05, 3.63) is 60.4 Å². The van der Waals surface area contributed by atoms with Gasteiger partial charge in [0.2, 0.25) is 0 Å². The van der Waals surface area contributed by atoms with Crippen LogP contribution in [0.1, 0.15) is 24.2 Å². The molecule has 1 aromatic heterocycles. The highest BCUT2D eigenvalue weighted by molar-refractivity contribution is 6.12. The van der Waals surface area contributed by atoms with Crippen molar-refractivity contribution in [1.29, 1.82) is 0 Å². The first-order valence-electron chi connectivity index (χ1n) is 8.75. The van der Waals surface area contributed by atoms with E-state index in [0.717, 1.165) is 42.6 Å². The summed E-state index contributed by atoms with van der Waals surface area (Å²) in [6.45, 7) is 8.13. The van der Waals surface area contributed by atoms with Crippen LogP contribution in [0.2, 0.25) is 0 Å². The van der Waals surface area contributed by atoms with Crippen molar-refractivity contribution in [2.45, 2.75) is 20.4 Å². The van der Waals surface area contributed by atoms with Crippen molar-refractivity contribution in [1.82, 2.24) is 14.7 Å². The maximum Gasteiger partial charge on any atom is 0.256 e. The summed E-state index contributed by atoms with van der Waals surface area (Å²) < 4.78 is 1.87. The number of hydrogen-bond acceptors (Lipinski definition) is 3. The van der Waals surface area contributed by atoms with Gasteiger partial charge in [0.15, 0.2) is 0 Å². The quantitative estimate of drug-likeness (QED) is 0.717. The first-order chi connectivity index (χ1) is 12.2. The van der Waals surface area contributed by atoms with E-state index in [4.69, 9.17) is 0 Å². The van der Waals surface area contributed by atoms with E-state index in [0.29, 0.717) is 5.56 Å². The molecule has 5 nitrogen and oxygen atoms in total. The fourth-order valence-corrected chi connectivity index (χ4v) is 2.96. The van der Waals surface area contributed by atoms with Crippen LogP contribution in [0, 0.1) is 0 Å². The van der Waals surface area contributed by atoms with Crippen molar-refractivity contribution in [3.63, 3.8) is 0 Å². The topological polar surface area (TPSA) is 50.2 Å². The van der Waals surface area contributed by atoms with E-state index in [1.165, 1.54) is 0 Å². The molecule has 0 bridgehead atoms. The van der Waals surface area contributed by atoms with Gasteiger partial charge in [0.1, 0.15) is 0 Å². The molecule has 5 heteroatoms. The number of amides is 1. The molecule has 0 saturated carbocycles. The summed E-state index contributed by atoms with van der Waals surface area (Å²) in [7, 11) is 0. The zero-order valence-corrected chi connectivity index (χ0v) is 14.8. The Balaban J connectivity index is 1.69. The number of nitrogens with one attached hydrogen (secondary N) is 1. The highest BCUT2D eigenvalue weighted by Gasteiger charge is 2.11. The standard InChI is InChI=1S/C20H24N4O/c1-3-23(4-2)12-13-24-15-17(14-21-24)22-20(25)19-11-7-9-16-8-5-6-10-18(16)19/h5-11,14-15H,3-4,12-13H2,1-2H3,(H,22,25). The Labute approximate surface area is 148 Å². The van der Waals surface area contributed by atoms with Crippen molar-refractivity contribution in [3.8, 4) is 0 Å². The van der Waals surface area contributed by atoms with Crippen LogP contribution < -0.4 is 5.32 Å². The summed E-state index contributed by atoms with van der Waals surface area (Å²) in [5, 5.41) is 9.31. The summed E-state index contributed by atoms with van der Waals surface area (Å²) >= 11 is 0. The van der Waals surface area contributed by atoms with Gasteiger partial charge in [-0.3, -0.25) is 9.48 Å². The molecule has 1 heterocycles. The molecule has 1 N–H and O–H groups in total. The first-order valence-corrected chi connectivity index (χ1v) is 8.75. The van der Waals surface area contributed by atoms with Gasteiger partial charge < -0.3 is 10.2 Å². The molecule has 2 aromatic carbocycles. The van der Waals surface area contributed by atoms with Gasteiger partial charge in [0.05, 0.1) is 18.4 Å². The lowest BCUT2D eigenvalue weighted by molar-refractivity contribution is 0.102. The SMILES string of the molecule is CCN(CC)CCn1cc(NC(=O)c2cccc3ccccc23)cn1. The molecular formula is C20H24N4O. The third kappa shape index (κ3) is 4.06. The fourth-order valence-electron chi connectivity index (χ4n) is 2.96. The van der Waals surface area contributed by atoms with Gasteiger partial charge in [-0.15, -0.1) is 0 Å². The van der Waals surface area contributed by atoms with E-state index in [1.54, 1.807) is 6.20 Å². The third-order valence-electron chi connectivity index (χ3n) is 4.47. The van der Waals surface area contributed by atoms with Gasteiger partial charge in [0, 0.05) is 18.3 Å². The van der Waals surface area contributed by atoms with Gasteiger partial charge in [-0.2, -0.15) is 5.10 Å². The number of anilines is 1. The Morgan fingerprint density at radius 3 is 2.68 bits per heavy atom. The van der Waals surface area contributed by atoms with Gasteiger partial charge in [-0.25, -0.2) is 0 Å². The molecule has 0 saturated heterocycles. The molecular weight excluding hydrogens is 312 g/mol. The van der Waals surface area contributed by atoms with Gasteiger partial charge in [0.25, 0.3) is 5.91 Å². The first kappa shape index (κ1) is 17.2. The number of likely N-dealkylation sites (N-methyl/N-ethyl adjacent to an activating group) is 1. The zero-order chi connectivity index (χ0) is 17.6. The Bertz CT molecular complexity index is 846. The van der Waals surface area contributed by atoms with Crippen LogP contribution >= 0.6 is 0 Å². The second kappa shape index (κ2) is 7.94. The van der Waals surface area contributed by atoms with E-state index in [2.05, 4.69) is 29.2 Å². The van der Waals surface area contributed by atoms with E-state index >= 15 is 0 Å². The largest absolute Gasteiger partial charge is 0.319 e. The van der Waals surface area contributed by atoms with E-state index < -0.39 is 0 Å². The van der Waals surface area contributed by atoms with E-state index in [9.17, 15) is 4.79 Å². The maximum atomic E-state index is 12.6. The molecule has 1 amide bonds. The van der Waals surface area contributed by atoms with Gasteiger partial charge in [-0.1, -0.05) is 50.2 Å². The van der Waals surface area contributed by atoms with Crippen LogP contribution in [0.4, 0.5) is 5.69 Å². The summed E-state index contributed by atoms with van der Waals surface area (Å²) in [6, 6.07) is 13.7. The third-order valence-corrected chi connectivity index (χ3v) is 4.47. The summed E-state index contributed by atoms with van der Waals surface area (Å²) in [5.41, 5.74) is 1.39. The second-order valence-corrected chi connectivity index (χ2v) is 6.00. The number of benzene rings is 2. The molecule has 130 valence electrons. The fraction of sp³-hybridized carbons (Fsp3) is 0.300. The van der Waals surface area contributed by atoms with Gasteiger partial charge >= 0.3 is 0 Å². The van der Waals surface area contributed by atoms with Crippen LogP contribution in [0.15, 0.2) is 54.9 Å². The molecule has 0 spiro atoms. The number of carbonyl (C=O) groups is 1. The van der Waals surface area contributed by atoms with Crippen molar-refractivity contribution < 1.29 is 4.79 Å². The Morgan fingerprint density at radius 1 is 1.12 bits per heavy atom. The van der Waals surface area contributed by atoms with Crippen LogP contribution in [0.5, 0.6) is 0 Å². The number of rotatable bonds is 7. The number of nitrogens with zero attached hydrogens (tertiary/aromatic N) is 3. The Hall–Kier alpha value is -2.66. The van der Waals surface area contributed by atoms with Crippen molar-refractivity contribution in [2.24, 2.45) is 0 Å². The second-order valence-electron chi connectivity index (χ2n) is 6.00. The molecule has 3 rings (SSSR count). The average molecular weight is 336 g/mol. The normalized spacial score (nSPS) is 11.2. The molecule has 0 aliphatic carbocycles. The van der Waals surface area contributed by atoms with E-state index in [1.807, 2.05) is 53.3 Å². The minimum Gasteiger partial charge on any atom is -0.319 e. The van der Waals surface area contributed by atoms with Crippen LogP contribution in [-0.4, -0.2) is 40.2 Å². The molecule has 0 atom stereocenters. The zero-order valence-electron chi connectivity index (χ0n) is 14.8. The lowest BCUT2D eigenvalue weighted by atomic mass is 10.0. The lowest BCUT2D eigenvalue weighted by Gasteiger charge is -2.17. The van der Waals surface area contributed by atoms with Crippen LogP contribution in [0.3, 0.4) is 0 Å². The summed E-state index contributed by atoms with van der Waals surface area (Å²) in [5.74, 6) is -0.111. The smallest absolute Gasteiger partial charge is 0.256 e. The van der Waals surface area contributed by atoms with Crippen LogP contribution in [0.25, 0.3) is 10.8 Å². The number of aromatic nitrogens is 2. The molecule has 0 radical (unpaired) electrons. The number of carbonyl (C=O) groups excluding carboxylic acids is 1. The lowest BCUT2D eigenvalue weighted by Crippen LogP contribution is -2.27. The molecule has 25 heavy (non-hydrogen) atoms. The minimum atomic E-state index is -0.111. The predicted molar refractivity (Wildman–Crippen MR) is 102 cm³/mol. The van der Waals surface area contributed by atoms with Crippen molar-refractivity contribution in [2.75, 3.05) is 25.0 Å². The van der Waals surface area contributed by atoms with Crippen molar-refractivity contribution >= 4 is 22.4 Å². The Morgan fingerprint density at radius 2 is 1.88 bits per heavy atom. The Kier molecular flexibility index (Phi) is 5.46.